The third-order valence-electron chi connectivity index (χ3n) is 5.90. The first-order valence-electron chi connectivity index (χ1n) is 10.7. The zero-order valence-electron chi connectivity index (χ0n) is 17.8. The summed E-state index contributed by atoms with van der Waals surface area (Å²) in [5.41, 5.74) is 1.31. The first-order valence-corrected chi connectivity index (χ1v) is 12.1. The minimum absolute atomic E-state index is 0.0586. The molecule has 1 unspecified atom stereocenters. The van der Waals surface area contributed by atoms with Crippen LogP contribution in [0.1, 0.15) is 39.5 Å². The van der Waals surface area contributed by atoms with Gasteiger partial charge in [-0.15, -0.1) is 0 Å². The van der Waals surface area contributed by atoms with Gasteiger partial charge in [0.15, 0.2) is 0 Å². The summed E-state index contributed by atoms with van der Waals surface area (Å²) in [6, 6.07) is 4.98. The maximum atomic E-state index is 13.1. The fourth-order valence-corrected chi connectivity index (χ4v) is 5.54. The molecule has 2 fully saturated rings. The van der Waals surface area contributed by atoms with E-state index in [1.807, 2.05) is 0 Å². The van der Waals surface area contributed by atoms with Gasteiger partial charge in [-0.1, -0.05) is 11.6 Å². The number of hydrogen-bond acceptors (Lipinski definition) is 4. The van der Waals surface area contributed by atoms with E-state index in [4.69, 9.17) is 0 Å². The van der Waals surface area contributed by atoms with Gasteiger partial charge < -0.3 is 5.32 Å². The molecule has 0 saturated carbocycles. The number of hydrogen-bond donors (Lipinski definition) is 1. The van der Waals surface area contributed by atoms with Crippen molar-refractivity contribution in [3.63, 3.8) is 0 Å². The largest absolute Gasteiger partial charge is 0.353 e. The number of piperidine rings is 2. The molecule has 2 aliphatic heterocycles. The molecule has 0 aliphatic carbocycles. The third-order valence-corrected chi connectivity index (χ3v) is 7.78. The molecule has 2 aliphatic rings. The van der Waals surface area contributed by atoms with E-state index in [2.05, 4.69) is 30.1 Å². The molecule has 0 spiro atoms. The quantitative estimate of drug-likeness (QED) is 0.695. The molecule has 3 rings (SSSR count). The van der Waals surface area contributed by atoms with Crippen molar-refractivity contribution < 1.29 is 17.6 Å². The summed E-state index contributed by atoms with van der Waals surface area (Å²) in [6.45, 7) is 7.58. The number of benzene rings is 1. The van der Waals surface area contributed by atoms with Crippen LogP contribution < -0.4 is 5.32 Å². The maximum absolute atomic E-state index is 13.1. The first-order chi connectivity index (χ1) is 14.3. The molecule has 1 aromatic carbocycles. The number of carbonyl (C=O) groups is 1. The Bertz CT molecular complexity index is 858. The molecule has 2 heterocycles. The van der Waals surface area contributed by atoms with E-state index in [-0.39, 0.29) is 29.3 Å². The van der Waals surface area contributed by atoms with Crippen LogP contribution in [0.5, 0.6) is 0 Å². The molecule has 1 aromatic rings. The second-order valence-corrected chi connectivity index (χ2v) is 10.5. The zero-order valence-corrected chi connectivity index (χ0v) is 18.6. The van der Waals surface area contributed by atoms with Gasteiger partial charge in [-0.25, -0.2) is 12.8 Å². The molecule has 30 heavy (non-hydrogen) atoms. The van der Waals surface area contributed by atoms with Gasteiger partial charge in [-0.2, -0.15) is 4.31 Å². The highest BCUT2D eigenvalue weighted by Gasteiger charge is 2.34. The average Bonchev–Trinajstić information content (AvgIpc) is 2.73. The van der Waals surface area contributed by atoms with E-state index < -0.39 is 15.8 Å². The lowest BCUT2D eigenvalue weighted by Crippen LogP contribution is -2.50. The van der Waals surface area contributed by atoms with Gasteiger partial charge >= 0.3 is 0 Å². The van der Waals surface area contributed by atoms with Crippen molar-refractivity contribution in [1.29, 1.82) is 0 Å². The number of sulfonamides is 1. The lowest BCUT2D eigenvalue weighted by Gasteiger charge is -2.35. The molecule has 8 heteroatoms. The van der Waals surface area contributed by atoms with Crippen molar-refractivity contribution in [3.8, 4) is 0 Å². The molecular formula is C22H32FN3O3S. The Hall–Kier alpha value is -1.77. The summed E-state index contributed by atoms with van der Waals surface area (Å²) in [6.07, 6.45) is 5.36. The minimum Gasteiger partial charge on any atom is -0.353 e. The SMILES string of the molecule is CC(C)=CCN1CCC(NC(=O)C2CCCN(S(=O)(=O)c3ccc(F)cc3)C2)CC1. The molecule has 166 valence electrons. The Balaban J connectivity index is 1.53. The number of amides is 1. The van der Waals surface area contributed by atoms with Crippen LogP contribution >= 0.6 is 0 Å². The van der Waals surface area contributed by atoms with Crippen LogP contribution in [0.25, 0.3) is 0 Å². The average molecular weight is 438 g/mol. The molecule has 1 N–H and O–H groups in total. The number of nitrogens with one attached hydrogen (secondary N) is 1. The Kier molecular flexibility index (Phi) is 7.65. The summed E-state index contributed by atoms with van der Waals surface area (Å²) in [4.78, 5) is 15.3. The number of halogens is 1. The first kappa shape index (κ1) is 22.9. The van der Waals surface area contributed by atoms with E-state index >= 15 is 0 Å². The lowest BCUT2D eigenvalue weighted by atomic mass is 9.97. The normalized spacial score (nSPS) is 21.9. The Morgan fingerprint density at radius 3 is 2.43 bits per heavy atom. The summed E-state index contributed by atoms with van der Waals surface area (Å²) < 4.78 is 40.2. The van der Waals surface area contributed by atoms with Crippen molar-refractivity contribution in [3.05, 3.63) is 41.7 Å². The Morgan fingerprint density at radius 1 is 1.13 bits per heavy atom. The van der Waals surface area contributed by atoms with Crippen LogP contribution in [0.2, 0.25) is 0 Å². The van der Waals surface area contributed by atoms with E-state index in [1.165, 1.54) is 22.0 Å². The van der Waals surface area contributed by atoms with Crippen molar-refractivity contribution in [1.82, 2.24) is 14.5 Å². The third kappa shape index (κ3) is 5.89. The molecule has 2 saturated heterocycles. The van der Waals surface area contributed by atoms with Crippen molar-refractivity contribution in [2.45, 2.75) is 50.5 Å². The number of rotatable bonds is 6. The fourth-order valence-electron chi connectivity index (χ4n) is 4.02. The highest BCUT2D eigenvalue weighted by molar-refractivity contribution is 7.89. The van der Waals surface area contributed by atoms with Gasteiger partial charge in [0.2, 0.25) is 15.9 Å². The van der Waals surface area contributed by atoms with E-state index in [0.717, 1.165) is 44.6 Å². The van der Waals surface area contributed by atoms with Crippen LogP contribution in [-0.4, -0.2) is 62.3 Å². The van der Waals surface area contributed by atoms with Crippen LogP contribution in [0.15, 0.2) is 40.8 Å². The predicted octanol–water partition coefficient (Wildman–Crippen LogP) is 2.77. The molecule has 1 atom stereocenters. The lowest BCUT2D eigenvalue weighted by molar-refractivity contribution is -0.127. The van der Waals surface area contributed by atoms with E-state index in [0.29, 0.717) is 19.4 Å². The summed E-state index contributed by atoms with van der Waals surface area (Å²) in [7, 11) is -3.72. The predicted molar refractivity (Wildman–Crippen MR) is 115 cm³/mol. The molecule has 0 bridgehead atoms. The number of likely N-dealkylation sites (tertiary alicyclic amines) is 1. The van der Waals surface area contributed by atoms with Gasteiger partial charge in [-0.3, -0.25) is 9.69 Å². The van der Waals surface area contributed by atoms with Crippen LogP contribution in [0.4, 0.5) is 4.39 Å². The minimum atomic E-state index is -3.72. The summed E-state index contributed by atoms with van der Waals surface area (Å²) in [5.74, 6) is -0.883. The van der Waals surface area contributed by atoms with Gasteiger partial charge in [0.25, 0.3) is 0 Å². The zero-order chi connectivity index (χ0) is 21.7. The topological polar surface area (TPSA) is 69.7 Å². The second-order valence-electron chi connectivity index (χ2n) is 8.52. The molecule has 6 nitrogen and oxygen atoms in total. The van der Waals surface area contributed by atoms with Gasteiger partial charge in [0.1, 0.15) is 5.82 Å². The fraction of sp³-hybridized carbons (Fsp3) is 0.591. The van der Waals surface area contributed by atoms with Crippen LogP contribution in [0, 0.1) is 11.7 Å². The highest BCUT2D eigenvalue weighted by atomic mass is 32.2. The number of nitrogens with zero attached hydrogens (tertiary/aromatic N) is 2. The summed E-state index contributed by atoms with van der Waals surface area (Å²) in [5, 5.41) is 3.14. The molecule has 0 radical (unpaired) electrons. The second kappa shape index (κ2) is 10.0. The molecule has 0 aromatic heterocycles. The molecule has 1 amide bonds. The maximum Gasteiger partial charge on any atom is 0.243 e. The summed E-state index contributed by atoms with van der Waals surface area (Å²) >= 11 is 0. The van der Waals surface area contributed by atoms with Gasteiger partial charge in [0, 0.05) is 38.8 Å². The Morgan fingerprint density at radius 2 is 1.80 bits per heavy atom. The van der Waals surface area contributed by atoms with Crippen molar-refractivity contribution in [2.24, 2.45) is 5.92 Å². The molecular weight excluding hydrogens is 405 g/mol. The van der Waals surface area contributed by atoms with Crippen molar-refractivity contribution in [2.75, 3.05) is 32.7 Å². The number of carbonyl (C=O) groups excluding carboxylic acids is 1. The van der Waals surface area contributed by atoms with Crippen molar-refractivity contribution >= 4 is 15.9 Å². The van der Waals surface area contributed by atoms with Crippen LogP contribution in [-0.2, 0) is 14.8 Å². The van der Waals surface area contributed by atoms with Crippen LogP contribution in [0.3, 0.4) is 0 Å². The Labute approximate surface area is 179 Å². The van der Waals surface area contributed by atoms with Gasteiger partial charge in [0.05, 0.1) is 10.8 Å². The smallest absolute Gasteiger partial charge is 0.243 e. The standard InChI is InChI=1S/C22H32FN3O3S/c1-17(2)9-13-25-14-10-20(11-15-25)24-22(27)18-4-3-12-26(16-18)30(28,29)21-7-5-19(23)6-8-21/h5-9,18,20H,3-4,10-16H2,1-2H3,(H,24,27). The van der Waals surface area contributed by atoms with E-state index in [9.17, 15) is 17.6 Å². The highest BCUT2D eigenvalue weighted by Crippen LogP contribution is 2.24. The van der Waals surface area contributed by atoms with E-state index in [1.54, 1.807) is 0 Å². The number of allylic oxidation sites excluding steroid dienone is 1. The monoisotopic (exact) mass is 437 g/mol. The van der Waals surface area contributed by atoms with Gasteiger partial charge in [-0.05, 0) is 63.8 Å².